The van der Waals surface area contributed by atoms with E-state index in [1.165, 1.54) is 24.8 Å². The van der Waals surface area contributed by atoms with E-state index in [1.807, 2.05) is 24.3 Å². The third-order valence-corrected chi connectivity index (χ3v) is 5.09. The van der Waals surface area contributed by atoms with Gasteiger partial charge in [0.2, 0.25) is 5.79 Å². The number of ether oxygens (including phenoxy) is 2. The van der Waals surface area contributed by atoms with Crippen molar-refractivity contribution >= 4 is 17.7 Å². The van der Waals surface area contributed by atoms with E-state index in [2.05, 4.69) is 30.3 Å². The molecule has 0 N–H and O–H groups in total. The largest absolute Gasteiger partial charge is 0.464 e. The van der Waals surface area contributed by atoms with Gasteiger partial charge in [-0.2, -0.15) is 0 Å². The van der Waals surface area contributed by atoms with E-state index >= 15 is 0 Å². The first-order chi connectivity index (χ1) is 11.7. The van der Waals surface area contributed by atoms with Crippen molar-refractivity contribution in [1.82, 2.24) is 0 Å². The lowest BCUT2D eigenvalue weighted by Crippen LogP contribution is -2.32. The highest BCUT2D eigenvalue weighted by molar-refractivity contribution is 6.30. The van der Waals surface area contributed by atoms with Crippen LogP contribution in [0, 0.1) is 0 Å². The van der Waals surface area contributed by atoms with Crippen molar-refractivity contribution in [2.75, 3.05) is 6.61 Å². The van der Waals surface area contributed by atoms with E-state index in [9.17, 15) is 0 Å². The topological polar surface area (TPSA) is 18.5 Å². The van der Waals surface area contributed by atoms with Crippen LogP contribution >= 0.6 is 11.6 Å². The lowest BCUT2D eigenvalue weighted by molar-refractivity contribution is -0.168. The average molecular weight is 341 g/mol. The van der Waals surface area contributed by atoms with Gasteiger partial charge >= 0.3 is 0 Å². The molecule has 2 nitrogen and oxygen atoms in total. The summed E-state index contributed by atoms with van der Waals surface area (Å²) in [5.74, 6) is 0.567. The molecule has 0 atom stereocenters. The molecule has 0 unspecified atom stereocenters. The molecule has 1 spiro atoms. The SMILES string of the molecule is Clc1ccc(-c2ccccc2/C=C2\COC3(CCCCC3)O2)cc1. The van der Waals surface area contributed by atoms with Crippen LogP contribution in [0.4, 0.5) is 0 Å². The van der Waals surface area contributed by atoms with Crippen molar-refractivity contribution in [3.63, 3.8) is 0 Å². The molecule has 0 bridgehead atoms. The van der Waals surface area contributed by atoms with Gasteiger partial charge in [0, 0.05) is 17.9 Å². The van der Waals surface area contributed by atoms with E-state index in [0.717, 1.165) is 34.8 Å². The Morgan fingerprint density at radius 1 is 0.917 bits per heavy atom. The normalized spacial score (nSPS) is 21.1. The van der Waals surface area contributed by atoms with Crippen molar-refractivity contribution in [3.05, 3.63) is 64.9 Å². The van der Waals surface area contributed by atoms with Gasteiger partial charge in [-0.1, -0.05) is 54.4 Å². The van der Waals surface area contributed by atoms with Crippen molar-refractivity contribution in [1.29, 1.82) is 0 Å². The third-order valence-electron chi connectivity index (χ3n) is 4.84. The maximum Gasteiger partial charge on any atom is 0.210 e. The van der Waals surface area contributed by atoms with Gasteiger partial charge in [0.1, 0.15) is 12.4 Å². The van der Waals surface area contributed by atoms with E-state index in [0.29, 0.717) is 6.61 Å². The first kappa shape index (κ1) is 15.7. The molecule has 24 heavy (non-hydrogen) atoms. The molecule has 2 fully saturated rings. The zero-order valence-corrected chi connectivity index (χ0v) is 14.4. The number of rotatable bonds is 2. The Labute approximate surface area is 148 Å². The second kappa shape index (κ2) is 6.62. The van der Waals surface area contributed by atoms with Crippen molar-refractivity contribution in [3.8, 4) is 11.1 Å². The molecule has 1 saturated carbocycles. The predicted octanol–water partition coefficient (Wildman–Crippen LogP) is 6.06. The summed E-state index contributed by atoms with van der Waals surface area (Å²) < 4.78 is 12.2. The minimum Gasteiger partial charge on any atom is -0.464 e. The van der Waals surface area contributed by atoms with Crippen molar-refractivity contribution in [2.45, 2.75) is 37.9 Å². The smallest absolute Gasteiger partial charge is 0.210 e. The maximum atomic E-state index is 6.22. The Balaban J connectivity index is 1.62. The Kier molecular flexibility index (Phi) is 4.34. The van der Waals surface area contributed by atoms with Crippen molar-refractivity contribution < 1.29 is 9.47 Å². The fraction of sp³-hybridized carbons (Fsp3) is 0.333. The summed E-state index contributed by atoms with van der Waals surface area (Å²) in [6.07, 6.45) is 7.79. The van der Waals surface area contributed by atoms with Gasteiger partial charge in [0.25, 0.3) is 0 Å². The van der Waals surface area contributed by atoms with Gasteiger partial charge in [-0.3, -0.25) is 0 Å². The second-order valence-electron chi connectivity index (χ2n) is 6.57. The molecule has 2 aliphatic rings. The molecule has 1 saturated heterocycles. The van der Waals surface area contributed by atoms with E-state index in [4.69, 9.17) is 21.1 Å². The minimum absolute atomic E-state index is 0.362. The average Bonchev–Trinajstić information content (AvgIpc) is 2.99. The standard InChI is InChI=1S/C21H21ClO2/c22-18-10-8-16(9-11-18)20-7-3-2-6-17(20)14-19-15-23-21(24-19)12-4-1-5-13-21/h2-3,6-11,14H,1,4-5,12-13,15H2/b19-14+. The molecule has 1 aliphatic carbocycles. The van der Waals surface area contributed by atoms with Crippen LogP contribution in [0.5, 0.6) is 0 Å². The summed E-state index contributed by atoms with van der Waals surface area (Å²) in [6.45, 7) is 0.564. The zero-order chi connectivity index (χ0) is 16.4. The Bertz CT molecular complexity index is 743. The number of hydrogen-bond donors (Lipinski definition) is 0. The van der Waals surface area contributed by atoms with Crippen LogP contribution in [0.2, 0.25) is 5.02 Å². The fourth-order valence-electron chi connectivity index (χ4n) is 3.60. The predicted molar refractivity (Wildman–Crippen MR) is 97.7 cm³/mol. The van der Waals surface area contributed by atoms with Gasteiger partial charge in [0.15, 0.2) is 0 Å². The molecule has 2 aromatic rings. The summed E-state index contributed by atoms with van der Waals surface area (Å²) in [5, 5.41) is 0.751. The summed E-state index contributed by atoms with van der Waals surface area (Å²) >= 11 is 6.01. The number of hydrogen-bond acceptors (Lipinski definition) is 2. The second-order valence-corrected chi connectivity index (χ2v) is 7.00. The Morgan fingerprint density at radius 3 is 2.46 bits per heavy atom. The molecule has 1 heterocycles. The molecular formula is C21H21ClO2. The first-order valence-electron chi connectivity index (χ1n) is 8.63. The summed E-state index contributed by atoms with van der Waals surface area (Å²) in [7, 11) is 0. The molecule has 124 valence electrons. The van der Waals surface area contributed by atoms with Gasteiger partial charge in [0.05, 0.1) is 0 Å². The third kappa shape index (κ3) is 3.22. The highest BCUT2D eigenvalue weighted by Gasteiger charge is 2.40. The van der Waals surface area contributed by atoms with Crippen LogP contribution in [-0.2, 0) is 9.47 Å². The van der Waals surface area contributed by atoms with Gasteiger partial charge < -0.3 is 9.47 Å². The van der Waals surface area contributed by atoms with Gasteiger partial charge in [-0.05, 0) is 47.7 Å². The van der Waals surface area contributed by atoms with Crippen molar-refractivity contribution in [2.24, 2.45) is 0 Å². The van der Waals surface area contributed by atoms with E-state index in [1.54, 1.807) is 0 Å². The molecule has 1 aliphatic heterocycles. The minimum atomic E-state index is -0.362. The summed E-state index contributed by atoms with van der Waals surface area (Å²) in [4.78, 5) is 0. The van der Waals surface area contributed by atoms with Crippen LogP contribution in [0.1, 0.15) is 37.7 Å². The summed E-state index contributed by atoms with van der Waals surface area (Å²) in [5.41, 5.74) is 3.47. The number of halogens is 1. The van der Waals surface area contributed by atoms with Crippen LogP contribution in [0.3, 0.4) is 0 Å². The molecule has 0 radical (unpaired) electrons. The fourth-order valence-corrected chi connectivity index (χ4v) is 3.72. The number of benzene rings is 2. The molecular weight excluding hydrogens is 320 g/mol. The van der Waals surface area contributed by atoms with Crippen LogP contribution < -0.4 is 0 Å². The highest BCUT2D eigenvalue weighted by Crippen LogP contribution is 2.40. The van der Waals surface area contributed by atoms with Crippen LogP contribution in [0.15, 0.2) is 54.3 Å². The van der Waals surface area contributed by atoms with Crippen LogP contribution in [0.25, 0.3) is 17.2 Å². The quantitative estimate of drug-likeness (QED) is 0.662. The zero-order valence-electron chi connectivity index (χ0n) is 13.6. The van der Waals surface area contributed by atoms with E-state index < -0.39 is 0 Å². The van der Waals surface area contributed by atoms with E-state index in [-0.39, 0.29) is 5.79 Å². The molecule has 2 aromatic carbocycles. The van der Waals surface area contributed by atoms with Gasteiger partial charge in [-0.15, -0.1) is 0 Å². The Hall–Kier alpha value is -1.77. The first-order valence-corrected chi connectivity index (χ1v) is 9.00. The van der Waals surface area contributed by atoms with Crippen LogP contribution in [-0.4, -0.2) is 12.4 Å². The molecule has 3 heteroatoms. The summed E-state index contributed by atoms with van der Waals surface area (Å²) in [6, 6.07) is 16.3. The lowest BCUT2D eigenvalue weighted by atomic mass is 9.94. The highest BCUT2D eigenvalue weighted by atomic mass is 35.5. The molecule has 4 rings (SSSR count). The molecule has 0 aromatic heterocycles. The molecule has 0 amide bonds. The van der Waals surface area contributed by atoms with Gasteiger partial charge in [-0.25, -0.2) is 0 Å². The maximum absolute atomic E-state index is 6.22. The lowest BCUT2D eigenvalue weighted by Gasteiger charge is -2.30. The Morgan fingerprint density at radius 2 is 1.67 bits per heavy atom. The monoisotopic (exact) mass is 340 g/mol.